The van der Waals surface area contributed by atoms with Crippen molar-refractivity contribution in [3.63, 3.8) is 0 Å². The molecule has 0 unspecified atom stereocenters. The van der Waals surface area contributed by atoms with Crippen LogP contribution in [0.2, 0.25) is 0 Å². The van der Waals surface area contributed by atoms with Crippen molar-refractivity contribution in [1.82, 2.24) is 9.97 Å². The molecule has 2 aromatic carbocycles. The van der Waals surface area contributed by atoms with Gasteiger partial charge in [0.25, 0.3) is 0 Å². The SMILES string of the molecule is Cc1cccc(-c2nc3cc4c(cc3[nH]2)OCCO4)c1I. The van der Waals surface area contributed by atoms with E-state index in [9.17, 15) is 0 Å². The number of nitrogens with zero attached hydrogens (tertiary/aromatic N) is 1. The van der Waals surface area contributed by atoms with Crippen molar-refractivity contribution in [3.8, 4) is 22.9 Å². The van der Waals surface area contributed by atoms with Crippen molar-refractivity contribution in [2.45, 2.75) is 6.92 Å². The van der Waals surface area contributed by atoms with Crippen molar-refractivity contribution in [3.05, 3.63) is 39.5 Å². The molecule has 0 aliphatic carbocycles. The van der Waals surface area contributed by atoms with Gasteiger partial charge in [-0.1, -0.05) is 18.2 Å². The minimum atomic E-state index is 0.589. The van der Waals surface area contributed by atoms with Crippen molar-refractivity contribution in [2.75, 3.05) is 13.2 Å². The average molecular weight is 392 g/mol. The summed E-state index contributed by atoms with van der Waals surface area (Å²) < 4.78 is 12.4. The highest BCUT2D eigenvalue weighted by molar-refractivity contribution is 14.1. The first-order valence-electron chi connectivity index (χ1n) is 6.77. The predicted octanol–water partition coefficient (Wildman–Crippen LogP) is 3.91. The van der Waals surface area contributed by atoms with E-state index < -0.39 is 0 Å². The first-order chi connectivity index (χ1) is 10.2. The number of ether oxygens (including phenoxy) is 2. The Kier molecular flexibility index (Phi) is 3.02. The molecule has 0 saturated heterocycles. The van der Waals surface area contributed by atoms with Crippen molar-refractivity contribution in [2.24, 2.45) is 0 Å². The lowest BCUT2D eigenvalue weighted by Gasteiger charge is -2.17. The number of nitrogens with one attached hydrogen (secondary N) is 1. The zero-order valence-electron chi connectivity index (χ0n) is 11.4. The summed E-state index contributed by atoms with van der Waals surface area (Å²) in [5.74, 6) is 2.43. The van der Waals surface area contributed by atoms with E-state index in [1.165, 1.54) is 9.13 Å². The lowest BCUT2D eigenvalue weighted by molar-refractivity contribution is 0.172. The van der Waals surface area contributed by atoms with E-state index in [1.807, 2.05) is 12.1 Å². The number of hydrogen-bond donors (Lipinski definition) is 1. The van der Waals surface area contributed by atoms with Gasteiger partial charge in [-0.05, 0) is 35.1 Å². The summed E-state index contributed by atoms with van der Waals surface area (Å²) in [6.45, 7) is 3.29. The maximum atomic E-state index is 5.62. The quantitative estimate of drug-likeness (QED) is 0.639. The Balaban J connectivity index is 1.89. The molecule has 5 heteroatoms. The molecule has 3 aromatic rings. The van der Waals surface area contributed by atoms with Crippen molar-refractivity contribution >= 4 is 33.6 Å². The molecule has 0 saturated carbocycles. The van der Waals surface area contributed by atoms with Gasteiger partial charge >= 0.3 is 0 Å². The monoisotopic (exact) mass is 392 g/mol. The summed E-state index contributed by atoms with van der Waals surface area (Å²) in [6.07, 6.45) is 0. The van der Waals surface area contributed by atoms with E-state index in [-0.39, 0.29) is 0 Å². The van der Waals surface area contributed by atoms with Crippen LogP contribution in [0.3, 0.4) is 0 Å². The lowest BCUT2D eigenvalue weighted by atomic mass is 10.1. The number of aromatic nitrogens is 2. The fourth-order valence-corrected chi connectivity index (χ4v) is 3.12. The van der Waals surface area contributed by atoms with Gasteiger partial charge in [-0.25, -0.2) is 4.98 Å². The van der Waals surface area contributed by atoms with Crippen LogP contribution in [0.1, 0.15) is 5.56 Å². The Morgan fingerprint density at radius 2 is 1.90 bits per heavy atom. The minimum Gasteiger partial charge on any atom is -0.486 e. The standard InChI is InChI=1S/C16H13IN2O2/c1-9-3-2-4-10(15(9)17)16-18-11-7-13-14(8-12(11)19-16)21-6-5-20-13/h2-4,7-8H,5-6H2,1H3,(H,18,19). The molecule has 2 heterocycles. The predicted molar refractivity (Wildman–Crippen MR) is 90.0 cm³/mol. The maximum Gasteiger partial charge on any atom is 0.163 e. The Morgan fingerprint density at radius 1 is 1.14 bits per heavy atom. The number of hydrogen-bond acceptors (Lipinski definition) is 3. The van der Waals surface area contributed by atoms with E-state index in [0.717, 1.165) is 33.9 Å². The number of imidazole rings is 1. The van der Waals surface area contributed by atoms with E-state index >= 15 is 0 Å². The maximum absolute atomic E-state index is 5.62. The highest BCUT2D eigenvalue weighted by atomic mass is 127. The van der Waals surface area contributed by atoms with Crippen LogP contribution in [0.5, 0.6) is 11.5 Å². The molecule has 21 heavy (non-hydrogen) atoms. The third-order valence-electron chi connectivity index (χ3n) is 3.59. The summed E-state index contributed by atoms with van der Waals surface area (Å²) >= 11 is 2.36. The number of fused-ring (bicyclic) bond motifs is 2. The van der Waals surface area contributed by atoms with Crippen molar-refractivity contribution in [1.29, 1.82) is 0 Å². The molecule has 0 spiro atoms. The molecule has 1 N–H and O–H groups in total. The Bertz CT molecular complexity index is 799. The van der Waals surface area contributed by atoms with Crippen molar-refractivity contribution < 1.29 is 9.47 Å². The summed E-state index contributed by atoms with van der Waals surface area (Å²) in [7, 11) is 0. The molecule has 1 aromatic heterocycles. The number of rotatable bonds is 1. The van der Waals surface area contributed by atoms with Gasteiger partial charge in [-0.15, -0.1) is 0 Å². The second kappa shape index (κ2) is 4.91. The van der Waals surface area contributed by atoms with Gasteiger partial charge in [0.15, 0.2) is 11.5 Å². The largest absolute Gasteiger partial charge is 0.486 e. The Morgan fingerprint density at radius 3 is 2.71 bits per heavy atom. The molecule has 0 amide bonds. The number of H-pyrrole nitrogens is 1. The van der Waals surface area contributed by atoms with Crippen LogP contribution < -0.4 is 9.47 Å². The Hall–Kier alpha value is -1.76. The van der Waals surface area contributed by atoms with Gasteiger partial charge in [0.05, 0.1) is 11.0 Å². The van der Waals surface area contributed by atoms with E-state index in [0.29, 0.717) is 13.2 Å². The zero-order valence-corrected chi connectivity index (χ0v) is 13.6. The second-order valence-corrected chi connectivity index (χ2v) is 6.11. The molecule has 106 valence electrons. The van der Waals surface area contributed by atoms with Gasteiger partial charge in [0.1, 0.15) is 19.0 Å². The molecular formula is C16H13IN2O2. The molecule has 0 atom stereocenters. The zero-order chi connectivity index (χ0) is 14.4. The fourth-order valence-electron chi connectivity index (χ4n) is 2.50. The summed E-state index contributed by atoms with van der Waals surface area (Å²) in [5, 5.41) is 0. The van der Waals surface area contributed by atoms with Gasteiger partial charge in [0.2, 0.25) is 0 Å². The van der Waals surface area contributed by atoms with Crippen LogP contribution in [0, 0.1) is 10.5 Å². The van der Waals surface area contributed by atoms with E-state index in [2.05, 4.69) is 52.7 Å². The highest BCUT2D eigenvalue weighted by Crippen LogP contribution is 2.35. The molecule has 0 bridgehead atoms. The number of halogens is 1. The van der Waals surface area contributed by atoms with Crippen LogP contribution in [0.15, 0.2) is 30.3 Å². The topological polar surface area (TPSA) is 47.1 Å². The third-order valence-corrected chi connectivity index (χ3v) is 5.02. The van der Waals surface area contributed by atoms with Crippen LogP contribution >= 0.6 is 22.6 Å². The molecule has 1 aliphatic heterocycles. The normalized spacial score (nSPS) is 13.6. The van der Waals surface area contributed by atoms with Gasteiger partial charge < -0.3 is 14.5 Å². The number of benzene rings is 2. The number of aryl methyl sites for hydroxylation is 1. The number of aromatic amines is 1. The molecule has 0 radical (unpaired) electrons. The van der Waals surface area contributed by atoms with Gasteiger partial charge in [0, 0.05) is 21.3 Å². The van der Waals surface area contributed by atoms with Crippen LogP contribution in [-0.4, -0.2) is 23.2 Å². The second-order valence-electron chi connectivity index (χ2n) is 5.03. The highest BCUT2D eigenvalue weighted by Gasteiger charge is 2.16. The van der Waals surface area contributed by atoms with Crippen LogP contribution in [0.4, 0.5) is 0 Å². The third kappa shape index (κ3) is 2.16. The first-order valence-corrected chi connectivity index (χ1v) is 7.85. The molecular weight excluding hydrogens is 379 g/mol. The van der Waals surface area contributed by atoms with Gasteiger partial charge in [-0.2, -0.15) is 0 Å². The molecule has 0 fully saturated rings. The smallest absolute Gasteiger partial charge is 0.163 e. The van der Waals surface area contributed by atoms with Crippen LogP contribution in [-0.2, 0) is 0 Å². The van der Waals surface area contributed by atoms with Gasteiger partial charge in [-0.3, -0.25) is 0 Å². The molecule has 4 rings (SSSR count). The molecule has 4 nitrogen and oxygen atoms in total. The first kappa shape index (κ1) is 12.9. The average Bonchev–Trinajstić information content (AvgIpc) is 2.90. The van der Waals surface area contributed by atoms with Crippen LogP contribution in [0.25, 0.3) is 22.4 Å². The molecule has 1 aliphatic rings. The fraction of sp³-hybridized carbons (Fsp3) is 0.188. The minimum absolute atomic E-state index is 0.589. The summed E-state index contributed by atoms with van der Waals surface area (Å²) in [4.78, 5) is 8.08. The van der Waals surface area contributed by atoms with E-state index in [1.54, 1.807) is 0 Å². The Labute approximate surface area is 135 Å². The van der Waals surface area contributed by atoms with E-state index in [4.69, 9.17) is 14.5 Å². The lowest BCUT2D eigenvalue weighted by Crippen LogP contribution is -2.15. The summed E-state index contributed by atoms with van der Waals surface area (Å²) in [5.41, 5.74) is 4.23. The summed E-state index contributed by atoms with van der Waals surface area (Å²) in [6, 6.07) is 10.1.